The van der Waals surface area contributed by atoms with Crippen molar-refractivity contribution >= 4 is 38.6 Å². The molecule has 23 heavy (non-hydrogen) atoms. The van der Waals surface area contributed by atoms with Crippen molar-refractivity contribution in [3.8, 4) is 17.1 Å². The molecule has 0 spiro atoms. The molecular formula is C18H12BrClN2O. The quantitative estimate of drug-likeness (QED) is 0.422. The second kappa shape index (κ2) is 5.55. The van der Waals surface area contributed by atoms with Crippen LogP contribution in [0.15, 0.2) is 63.7 Å². The van der Waals surface area contributed by atoms with Crippen LogP contribution in [0, 0.1) is 6.92 Å². The lowest BCUT2D eigenvalue weighted by molar-refractivity contribution is 0.617. The van der Waals surface area contributed by atoms with Crippen molar-refractivity contribution in [3.63, 3.8) is 0 Å². The monoisotopic (exact) mass is 386 g/mol. The number of aromatic nitrogens is 2. The summed E-state index contributed by atoms with van der Waals surface area (Å²) in [6.45, 7) is 2.02. The van der Waals surface area contributed by atoms with Crippen LogP contribution < -0.4 is 0 Å². The Morgan fingerprint density at radius 2 is 1.91 bits per heavy atom. The van der Waals surface area contributed by atoms with E-state index in [1.807, 2.05) is 60.3 Å². The highest BCUT2D eigenvalue weighted by atomic mass is 79.9. The third-order valence-electron chi connectivity index (χ3n) is 3.72. The van der Waals surface area contributed by atoms with Gasteiger partial charge in [0.05, 0.1) is 10.6 Å². The molecule has 2 aromatic heterocycles. The van der Waals surface area contributed by atoms with Gasteiger partial charge in [-0.2, -0.15) is 0 Å². The van der Waals surface area contributed by atoms with Gasteiger partial charge in [-0.25, -0.2) is 4.98 Å². The van der Waals surface area contributed by atoms with Crippen molar-refractivity contribution in [1.82, 2.24) is 9.55 Å². The zero-order chi connectivity index (χ0) is 16.0. The summed E-state index contributed by atoms with van der Waals surface area (Å²) in [6, 6.07) is 13.7. The minimum absolute atomic E-state index is 0.527. The number of oxazole rings is 1. The normalized spacial score (nSPS) is 11.3. The standard InChI is InChI=1S/C18H12BrClN2O/c1-11-8-13(22-6-2-3-7-22)10-16-17(11)23-18(21-16)14-9-12(19)4-5-15(14)20/h2-10H,1H3. The molecule has 0 bridgehead atoms. The number of nitrogens with zero attached hydrogens (tertiary/aromatic N) is 2. The number of rotatable bonds is 2. The van der Waals surface area contributed by atoms with E-state index < -0.39 is 0 Å². The first kappa shape index (κ1) is 14.5. The number of hydrogen-bond acceptors (Lipinski definition) is 2. The van der Waals surface area contributed by atoms with Gasteiger partial charge in [0.2, 0.25) is 5.89 Å². The topological polar surface area (TPSA) is 31.0 Å². The summed E-state index contributed by atoms with van der Waals surface area (Å²) < 4.78 is 8.95. The predicted molar refractivity (Wildman–Crippen MR) is 96.2 cm³/mol. The van der Waals surface area contributed by atoms with Gasteiger partial charge in [0.25, 0.3) is 0 Å². The lowest BCUT2D eigenvalue weighted by Crippen LogP contribution is -1.90. The first-order valence-electron chi connectivity index (χ1n) is 7.12. The van der Waals surface area contributed by atoms with E-state index in [1.165, 1.54) is 0 Å². The maximum atomic E-state index is 6.29. The summed E-state index contributed by atoms with van der Waals surface area (Å²) in [5.41, 5.74) is 4.47. The van der Waals surface area contributed by atoms with Crippen molar-refractivity contribution in [2.45, 2.75) is 6.92 Å². The van der Waals surface area contributed by atoms with Gasteiger partial charge in [-0.15, -0.1) is 0 Å². The second-order valence-corrected chi connectivity index (χ2v) is 6.67. The van der Waals surface area contributed by atoms with Gasteiger partial charge in [0.15, 0.2) is 5.58 Å². The number of halogens is 2. The molecule has 0 aliphatic carbocycles. The van der Waals surface area contributed by atoms with Crippen LogP contribution in [0.3, 0.4) is 0 Å². The van der Waals surface area contributed by atoms with E-state index in [2.05, 4.69) is 27.0 Å². The summed E-state index contributed by atoms with van der Waals surface area (Å²) >= 11 is 9.74. The van der Waals surface area contributed by atoms with Gasteiger partial charge in [0, 0.05) is 22.6 Å². The smallest absolute Gasteiger partial charge is 0.228 e. The minimum Gasteiger partial charge on any atom is -0.436 e. The summed E-state index contributed by atoms with van der Waals surface area (Å²) in [5.74, 6) is 0.527. The first-order valence-corrected chi connectivity index (χ1v) is 8.29. The molecule has 5 heteroatoms. The average Bonchev–Trinajstić information content (AvgIpc) is 3.18. The van der Waals surface area contributed by atoms with Crippen LogP contribution in [0.2, 0.25) is 5.02 Å². The highest BCUT2D eigenvalue weighted by molar-refractivity contribution is 9.10. The van der Waals surface area contributed by atoms with Crippen LogP contribution in [0.25, 0.3) is 28.2 Å². The molecule has 0 saturated heterocycles. The Bertz CT molecular complexity index is 1010. The zero-order valence-corrected chi connectivity index (χ0v) is 14.6. The molecule has 4 rings (SSSR count). The van der Waals surface area contributed by atoms with Gasteiger partial charge in [-0.1, -0.05) is 27.5 Å². The SMILES string of the molecule is Cc1cc(-n2cccc2)cc2nc(-c3cc(Br)ccc3Cl)oc12. The predicted octanol–water partition coefficient (Wildman–Crippen LogP) is 6.01. The zero-order valence-electron chi connectivity index (χ0n) is 12.3. The molecular weight excluding hydrogens is 376 g/mol. The van der Waals surface area contributed by atoms with Crippen molar-refractivity contribution in [2.24, 2.45) is 0 Å². The van der Waals surface area contributed by atoms with Crippen LogP contribution in [0.4, 0.5) is 0 Å². The van der Waals surface area contributed by atoms with Crippen LogP contribution in [-0.2, 0) is 0 Å². The Balaban J connectivity index is 1.91. The van der Waals surface area contributed by atoms with Crippen molar-refractivity contribution in [2.75, 3.05) is 0 Å². The van der Waals surface area contributed by atoms with Crippen LogP contribution in [-0.4, -0.2) is 9.55 Å². The molecule has 0 aliphatic rings. The van der Waals surface area contributed by atoms with Gasteiger partial charge < -0.3 is 8.98 Å². The minimum atomic E-state index is 0.527. The highest BCUT2D eigenvalue weighted by Gasteiger charge is 2.14. The Labute approximate surface area is 146 Å². The summed E-state index contributed by atoms with van der Waals surface area (Å²) in [5, 5.41) is 0.614. The van der Waals surface area contributed by atoms with Gasteiger partial charge in [0.1, 0.15) is 5.52 Å². The maximum absolute atomic E-state index is 6.29. The number of aryl methyl sites for hydroxylation is 1. The van der Waals surface area contributed by atoms with Gasteiger partial charge in [-0.3, -0.25) is 0 Å². The van der Waals surface area contributed by atoms with Crippen LogP contribution in [0.5, 0.6) is 0 Å². The Hall–Kier alpha value is -2.04. The lowest BCUT2D eigenvalue weighted by Gasteiger charge is -2.03. The molecule has 114 valence electrons. The Kier molecular flexibility index (Phi) is 3.51. The summed E-state index contributed by atoms with van der Waals surface area (Å²) in [4.78, 5) is 4.63. The van der Waals surface area contributed by atoms with E-state index in [0.717, 1.165) is 32.4 Å². The van der Waals surface area contributed by atoms with Crippen molar-refractivity contribution in [3.05, 3.63) is 69.9 Å². The molecule has 0 unspecified atom stereocenters. The average molecular weight is 388 g/mol. The van der Waals surface area contributed by atoms with Gasteiger partial charge >= 0.3 is 0 Å². The maximum Gasteiger partial charge on any atom is 0.228 e. The molecule has 0 atom stereocenters. The fourth-order valence-electron chi connectivity index (χ4n) is 2.61. The molecule has 0 fully saturated rings. The molecule has 0 saturated carbocycles. The molecule has 4 aromatic rings. The van der Waals surface area contributed by atoms with E-state index in [0.29, 0.717) is 10.9 Å². The molecule has 3 nitrogen and oxygen atoms in total. The molecule has 0 amide bonds. The summed E-state index contributed by atoms with van der Waals surface area (Å²) in [7, 11) is 0. The first-order chi connectivity index (χ1) is 11.1. The number of fused-ring (bicyclic) bond motifs is 1. The molecule has 0 radical (unpaired) electrons. The molecule has 2 heterocycles. The van der Waals surface area contributed by atoms with Crippen LogP contribution >= 0.6 is 27.5 Å². The Morgan fingerprint density at radius 3 is 2.70 bits per heavy atom. The fraction of sp³-hybridized carbons (Fsp3) is 0.0556. The molecule has 2 aromatic carbocycles. The van der Waals surface area contributed by atoms with E-state index in [-0.39, 0.29) is 0 Å². The van der Waals surface area contributed by atoms with E-state index in [1.54, 1.807) is 0 Å². The Morgan fingerprint density at radius 1 is 1.13 bits per heavy atom. The fourth-order valence-corrected chi connectivity index (χ4v) is 3.17. The van der Waals surface area contributed by atoms with Crippen molar-refractivity contribution in [1.29, 1.82) is 0 Å². The lowest BCUT2D eigenvalue weighted by atomic mass is 10.2. The second-order valence-electron chi connectivity index (χ2n) is 5.34. The van der Waals surface area contributed by atoms with E-state index in [4.69, 9.17) is 16.0 Å². The van der Waals surface area contributed by atoms with Crippen molar-refractivity contribution < 1.29 is 4.42 Å². The largest absolute Gasteiger partial charge is 0.436 e. The van der Waals surface area contributed by atoms with Gasteiger partial charge in [-0.05, 0) is 55.0 Å². The van der Waals surface area contributed by atoms with E-state index in [9.17, 15) is 0 Å². The van der Waals surface area contributed by atoms with E-state index >= 15 is 0 Å². The third kappa shape index (κ3) is 2.58. The highest BCUT2D eigenvalue weighted by Crippen LogP contribution is 2.33. The summed E-state index contributed by atoms with van der Waals surface area (Å²) in [6.07, 6.45) is 4.01. The molecule has 0 aliphatic heterocycles. The third-order valence-corrected chi connectivity index (χ3v) is 4.54. The number of benzene rings is 2. The number of hydrogen-bond donors (Lipinski definition) is 0. The van der Waals surface area contributed by atoms with Crippen LogP contribution in [0.1, 0.15) is 5.56 Å². The molecule has 0 N–H and O–H groups in total.